The molecule has 3 aliphatic rings. The standard InChI is InChI=1S/C19H29N3.2C2HF3O2/c1-21(18-7-8-18)12-16-5-2-6-17-13-22(14-19(16)17)11-15-4-3-9-20-10-15;2*3-2(4,5)1(6)7/h3-4,9-10,16-19H,2,5-8,11-14H2,1H3;2*(H,6,7)/t16-,17+,19+;;/m0../s1. The van der Waals surface area contributed by atoms with Crippen LogP contribution < -0.4 is 0 Å². The summed E-state index contributed by atoms with van der Waals surface area (Å²) in [6.07, 6.45) is 0.966. The van der Waals surface area contributed by atoms with E-state index < -0.39 is 24.3 Å². The van der Waals surface area contributed by atoms with Gasteiger partial charge in [-0.2, -0.15) is 26.3 Å². The number of hydrogen-bond acceptors (Lipinski definition) is 5. The number of fused-ring (bicyclic) bond motifs is 1. The Hall–Kier alpha value is -2.41. The summed E-state index contributed by atoms with van der Waals surface area (Å²) < 4.78 is 63.5. The highest BCUT2D eigenvalue weighted by Gasteiger charge is 2.41. The lowest BCUT2D eigenvalue weighted by atomic mass is 9.73. The fraction of sp³-hybridized carbons (Fsp3) is 0.696. The van der Waals surface area contributed by atoms with E-state index in [0.29, 0.717) is 0 Å². The number of alkyl halides is 6. The van der Waals surface area contributed by atoms with E-state index in [2.05, 4.69) is 34.0 Å². The maximum Gasteiger partial charge on any atom is 0.490 e. The third-order valence-electron chi connectivity index (χ3n) is 6.63. The molecule has 0 radical (unpaired) electrons. The molecule has 4 rings (SSSR count). The largest absolute Gasteiger partial charge is 0.490 e. The summed E-state index contributed by atoms with van der Waals surface area (Å²) in [5, 5.41) is 14.2. The minimum absolute atomic E-state index is 0.910. The summed E-state index contributed by atoms with van der Waals surface area (Å²) in [7, 11) is 2.35. The molecule has 1 aromatic rings. The molecule has 0 aromatic carbocycles. The zero-order chi connectivity index (χ0) is 27.1. The number of rotatable bonds is 5. The maximum atomic E-state index is 10.6. The van der Waals surface area contributed by atoms with Crippen LogP contribution in [-0.4, -0.2) is 82.0 Å². The Kier molecular flexibility index (Phi) is 10.5. The average molecular weight is 528 g/mol. The molecule has 0 bridgehead atoms. The molecule has 3 fully saturated rings. The minimum atomic E-state index is -5.08. The van der Waals surface area contributed by atoms with Crippen molar-refractivity contribution in [3.8, 4) is 0 Å². The second-order valence-corrected chi connectivity index (χ2v) is 9.45. The Morgan fingerprint density at radius 1 is 1.03 bits per heavy atom. The van der Waals surface area contributed by atoms with Crippen molar-refractivity contribution in [1.29, 1.82) is 0 Å². The normalized spacial score (nSPS) is 24.2. The molecule has 36 heavy (non-hydrogen) atoms. The van der Waals surface area contributed by atoms with Crippen LogP contribution in [0.3, 0.4) is 0 Å². The van der Waals surface area contributed by atoms with Crippen molar-refractivity contribution in [3.05, 3.63) is 30.1 Å². The first-order valence-corrected chi connectivity index (χ1v) is 11.6. The molecule has 0 unspecified atom stereocenters. The zero-order valence-electron chi connectivity index (χ0n) is 19.8. The average Bonchev–Trinajstić information content (AvgIpc) is 3.55. The molecule has 2 N–H and O–H groups in total. The summed E-state index contributed by atoms with van der Waals surface area (Å²) in [5.74, 6) is -2.70. The smallest absolute Gasteiger partial charge is 0.475 e. The van der Waals surface area contributed by atoms with Crippen molar-refractivity contribution in [1.82, 2.24) is 14.8 Å². The van der Waals surface area contributed by atoms with Gasteiger partial charge in [-0.3, -0.25) is 9.88 Å². The van der Waals surface area contributed by atoms with Crippen LogP contribution in [0.15, 0.2) is 24.5 Å². The second-order valence-electron chi connectivity index (χ2n) is 9.45. The summed E-state index contributed by atoms with van der Waals surface area (Å²) in [6.45, 7) is 5.05. The molecule has 13 heteroatoms. The zero-order valence-corrected chi connectivity index (χ0v) is 19.8. The van der Waals surface area contributed by atoms with Crippen molar-refractivity contribution in [2.24, 2.45) is 17.8 Å². The fourth-order valence-electron chi connectivity index (χ4n) is 4.82. The summed E-state index contributed by atoms with van der Waals surface area (Å²) >= 11 is 0. The van der Waals surface area contributed by atoms with E-state index in [1.54, 1.807) is 0 Å². The first-order chi connectivity index (χ1) is 16.7. The van der Waals surface area contributed by atoms with E-state index >= 15 is 0 Å². The summed E-state index contributed by atoms with van der Waals surface area (Å²) in [5.41, 5.74) is 1.37. The Bertz CT molecular complexity index is 824. The first-order valence-electron chi connectivity index (χ1n) is 11.6. The number of likely N-dealkylation sites (tertiary alicyclic amines) is 1. The Morgan fingerprint density at radius 3 is 2.08 bits per heavy atom. The van der Waals surface area contributed by atoms with Gasteiger partial charge in [0, 0.05) is 44.6 Å². The molecule has 1 saturated heterocycles. The molecule has 204 valence electrons. The molecule has 0 spiro atoms. The predicted octanol–water partition coefficient (Wildman–Crippen LogP) is 4.29. The van der Waals surface area contributed by atoms with Gasteiger partial charge in [0.25, 0.3) is 0 Å². The van der Waals surface area contributed by atoms with Crippen LogP contribution in [0.2, 0.25) is 0 Å². The van der Waals surface area contributed by atoms with E-state index in [0.717, 1.165) is 30.3 Å². The van der Waals surface area contributed by atoms with Crippen molar-refractivity contribution in [3.63, 3.8) is 0 Å². The molecule has 1 aliphatic heterocycles. The highest BCUT2D eigenvalue weighted by Crippen LogP contribution is 2.41. The maximum absolute atomic E-state index is 10.6. The molecule has 2 aliphatic carbocycles. The third-order valence-corrected chi connectivity index (χ3v) is 6.63. The Morgan fingerprint density at radius 2 is 1.61 bits per heavy atom. The number of aromatic nitrogens is 1. The van der Waals surface area contributed by atoms with Gasteiger partial charge in [-0.05, 0) is 62.1 Å². The molecule has 3 atom stereocenters. The number of carboxylic acids is 2. The van der Waals surface area contributed by atoms with Crippen LogP contribution in [0.1, 0.15) is 37.7 Å². The van der Waals surface area contributed by atoms with Gasteiger partial charge >= 0.3 is 24.3 Å². The van der Waals surface area contributed by atoms with E-state index in [4.69, 9.17) is 19.8 Å². The summed E-state index contributed by atoms with van der Waals surface area (Å²) in [4.78, 5) is 27.4. The van der Waals surface area contributed by atoms with Gasteiger partial charge in [0.2, 0.25) is 0 Å². The lowest BCUT2D eigenvalue weighted by Crippen LogP contribution is -2.36. The number of pyridine rings is 1. The third kappa shape index (κ3) is 9.92. The Labute approximate surface area is 205 Å². The quantitative estimate of drug-likeness (QED) is 0.552. The van der Waals surface area contributed by atoms with Crippen LogP contribution >= 0.6 is 0 Å². The van der Waals surface area contributed by atoms with Gasteiger partial charge in [0.15, 0.2) is 0 Å². The SMILES string of the molecule is CN(C[C@@H]1CCC[C@@H]2CN(Cc3cccnc3)C[C@@H]21)C1CC1.O=C(O)C(F)(F)F.O=C(O)C(F)(F)F. The number of carboxylic acid groups (broad SMARTS) is 2. The lowest BCUT2D eigenvalue weighted by molar-refractivity contribution is -0.193. The topological polar surface area (TPSA) is 94.0 Å². The van der Waals surface area contributed by atoms with Gasteiger partial charge in [-0.25, -0.2) is 9.59 Å². The highest BCUT2D eigenvalue weighted by atomic mass is 19.4. The van der Waals surface area contributed by atoms with Crippen molar-refractivity contribution >= 4 is 11.9 Å². The number of carbonyl (C=O) groups is 2. The fourth-order valence-corrected chi connectivity index (χ4v) is 4.82. The molecule has 2 saturated carbocycles. The number of hydrogen-bond donors (Lipinski definition) is 2. The minimum Gasteiger partial charge on any atom is -0.475 e. The molecule has 7 nitrogen and oxygen atoms in total. The second kappa shape index (κ2) is 12.7. The van der Waals surface area contributed by atoms with Crippen molar-refractivity contribution in [2.75, 3.05) is 26.7 Å². The molecular formula is C23H31F6N3O4. The first kappa shape index (κ1) is 29.8. The summed E-state index contributed by atoms with van der Waals surface area (Å²) in [6, 6.07) is 5.19. The van der Waals surface area contributed by atoms with Crippen LogP contribution in [0, 0.1) is 17.8 Å². The number of aliphatic carboxylic acids is 2. The molecule has 0 amide bonds. The van der Waals surface area contributed by atoms with Crippen LogP contribution in [0.25, 0.3) is 0 Å². The number of nitrogens with zero attached hydrogens (tertiary/aromatic N) is 3. The van der Waals surface area contributed by atoms with Gasteiger partial charge in [-0.1, -0.05) is 12.5 Å². The van der Waals surface area contributed by atoms with Gasteiger partial charge in [0.05, 0.1) is 0 Å². The lowest BCUT2D eigenvalue weighted by Gasteiger charge is -2.35. The van der Waals surface area contributed by atoms with Crippen molar-refractivity contribution < 1.29 is 46.1 Å². The highest BCUT2D eigenvalue weighted by molar-refractivity contribution is 5.73. The molecular weight excluding hydrogens is 496 g/mol. The van der Waals surface area contributed by atoms with Crippen molar-refractivity contribution in [2.45, 2.75) is 57.0 Å². The molecule has 1 aromatic heterocycles. The monoisotopic (exact) mass is 527 g/mol. The Balaban J connectivity index is 0.000000271. The van der Waals surface area contributed by atoms with E-state index in [-0.39, 0.29) is 0 Å². The predicted molar refractivity (Wildman–Crippen MR) is 117 cm³/mol. The van der Waals surface area contributed by atoms with Gasteiger partial charge in [0.1, 0.15) is 0 Å². The molecule has 2 heterocycles. The van der Waals surface area contributed by atoms with Crippen LogP contribution in [0.5, 0.6) is 0 Å². The van der Waals surface area contributed by atoms with E-state index in [1.807, 2.05) is 12.4 Å². The van der Waals surface area contributed by atoms with Gasteiger partial charge in [-0.15, -0.1) is 0 Å². The van der Waals surface area contributed by atoms with E-state index in [9.17, 15) is 26.3 Å². The van der Waals surface area contributed by atoms with Gasteiger partial charge < -0.3 is 15.1 Å². The number of halogens is 6. The van der Waals surface area contributed by atoms with E-state index in [1.165, 1.54) is 57.3 Å². The van der Waals surface area contributed by atoms with Crippen LogP contribution in [0.4, 0.5) is 26.3 Å². The van der Waals surface area contributed by atoms with Crippen LogP contribution in [-0.2, 0) is 16.1 Å².